The van der Waals surface area contributed by atoms with Crippen molar-refractivity contribution in [1.29, 1.82) is 0 Å². The molecule has 29 heavy (non-hydrogen) atoms. The number of carbonyl (C=O) groups is 1. The molecular formula is C26H27N2O. The van der Waals surface area contributed by atoms with Gasteiger partial charge in [-0.3, -0.25) is 4.79 Å². The second-order valence-electron chi connectivity index (χ2n) is 7.86. The van der Waals surface area contributed by atoms with Crippen molar-refractivity contribution in [3.8, 4) is 0 Å². The fourth-order valence-electron chi connectivity index (χ4n) is 4.19. The summed E-state index contributed by atoms with van der Waals surface area (Å²) in [5, 5.41) is 1.88. The highest BCUT2D eigenvalue weighted by Crippen LogP contribution is 2.33. The monoisotopic (exact) mass is 383 g/mol. The van der Waals surface area contributed by atoms with Crippen LogP contribution in [0.1, 0.15) is 53.2 Å². The fraction of sp³-hybridized carbons (Fsp3) is 0.269. The van der Waals surface area contributed by atoms with Crippen LogP contribution in [0.3, 0.4) is 0 Å². The molecule has 0 aliphatic rings. The van der Waals surface area contributed by atoms with Crippen molar-refractivity contribution in [2.75, 3.05) is 0 Å². The van der Waals surface area contributed by atoms with Gasteiger partial charge >= 0.3 is 0 Å². The van der Waals surface area contributed by atoms with Gasteiger partial charge in [0.05, 0.1) is 11.0 Å². The number of hydrogen-bond acceptors (Lipinski definition) is 1. The lowest BCUT2D eigenvalue weighted by Gasteiger charge is -2.10. The largest absolute Gasteiger partial charge is 0.366 e. The maximum Gasteiger partial charge on any atom is 0.249 e. The Kier molecular flexibility index (Phi) is 5.39. The maximum absolute atomic E-state index is 12.1. The van der Waals surface area contributed by atoms with Crippen molar-refractivity contribution in [2.45, 2.75) is 46.1 Å². The number of fused-ring (bicyclic) bond motifs is 3. The number of aromatic nitrogens is 1. The van der Waals surface area contributed by atoms with Crippen LogP contribution in [0.4, 0.5) is 0 Å². The fourth-order valence-corrected chi connectivity index (χ4v) is 4.19. The van der Waals surface area contributed by atoms with E-state index in [2.05, 4.69) is 66.9 Å². The van der Waals surface area contributed by atoms with E-state index < -0.39 is 5.91 Å². The van der Waals surface area contributed by atoms with Crippen molar-refractivity contribution >= 4 is 27.7 Å². The van der Waals surface area contributed by atoms with Gasteiger partial charge in [0, 0.05) is 22.9 Å². The highest BCUT2D eigenvalue weighted by atomic mass is 16.1. The number of nitrogens with zero attached hydrogens (tertiary/aromatic N) is 1. The normalized spacial score (nSPS) is 11.4. The number of hydrogen-bond donors (Lipinski definition) is 1. The minimum atomic E-state index is -0.398. The van der Waals surface area contributed by atoms with Crippen LogP contribution in [-0.2, 0) is 13.0 Å². The molecule has 0 fully saturated rings. The first-order valence-corrected chi connectivity index (χ1v) is 10.4. The Hall–Kier alpha value is -3.07. The van der Waals surface area contributed by atoms with Crippen LogP contribution < -0.4 is 5.73 Å². The van der Waals surface area contributed by atoms with Gasteiger partial charge in [-0.2, -0.15) is 0 Å². The van der Waals surface area contributed by atoms with Crippen LogP contribution in [0.15, 0.2) is 54.6 Å². The van der Waals surface area contributed by atoms with Gasteiger partial charge in [0.1, 0.15) is 0 Å². The molecule has 4 rings (SSSR count). The molecule has 0 spiro atoms. The highest BCUT2D eigenvalue weighted by Gasteiger charge is 2.17. The Morgan fingerprint density at radius 2 is 1.86 bits per heavy atom. The Morgan fingerprint density at radius 3 is 2.62 bits per heavy atom. The summed E-state index contributed by atoms with van der Waals surface area (Å²) in [6, 6.07) is 22.2. The van der Waals surface area contributed by atoms with E-state index in [1.54, 1.807) is 0 Å². The van der Waals surface area contributed by atoms with Crippen molar-refractivity contribution in [3.05, 3.63) is 82.9 Å². The molecule has 147 valence electrons. The number of amides is 1. The number of benzene rings is 3. The van der Waals surface area contributed by atoms with Crippen molar-refractivity contribution in [3.63, 3.8) is 0 Å². The molecule has 3 nitrogen and oxygen atoms in total. The van der Waals surface area contributed by atoms with E-state index in [0.29, 0.717) is 5.56 Å². The van der Waals surface area contributed by atoms with Crippen LogP contribution in [0.2, 0.25) is 0 Å². The molecule has 0 saturated carbocycles. The Labute approximate surface area is 172 Å². The minimum absolute atomic E-state index is 0.398. The van der Waals surface area contributed by atoms with E-state index in [4.69, 9.17) is 5.73 Å². The van der Waals surface area contributed by atoms with Gasteiger partial charge in [0.25, 0.3) is 0 Å². The quantitative estimate of drug-likeness (QED) is 0.404. The highest BCUT2D eigenvalue weighted by molar-refractivity contribution is 6.17. The van der Waals surface area contributed by atoms with Crippen LogP contribution in [-0.4, -0.2) is 10.5 Å². The summed E-state index contributed by atoms with van der Waals surface area (Å²) >= 11 is 0. The lowest BCUT2D eigenvalue weighted by Crippen LogP contribution is -2.11. The summed E-state index contributed by atoms with van der Waals surface area (Å²) in [5.74, 6) is -0.398. The summed E-state index contributed by atoms with van der Waals surface area (Å²) in [4.78, 5) is 12.1. The molecule has 0 unspecified atom stereocenters. The lowest BCUT2D eigenvalue weighted by molar-refractivity contribution is 0.100. The van der Waals surface area contributed by atoms with E-state index in [-0.39, 0.29) is 0 Å². The molecule has 0 aliphatic carbocycles. The Morgan fingerprint density at radius 1 is 1.03 bits per heavy atom. The minimum Gasteiger partial charge on any atom is -0.366 e. The van der Waals surface area contributed by atoms with Crippen LogP contribution >= 0.6 is 0 Å². The van der Waals surface area contributed by atoms with Gasteiger partial charge in [0.15, 0.2) is 0 Å². The number of aryl methyl sites for hydroxylation is 2. The topological polar surface area (TPSA) is 48.0 Å². The van der Waals surface area contributed by atoms with E-state index >= 15 is 0 Å². The first kappa shape index (κ1) is 19.3. The van der Waals surface area contributed by atoms with Crippen molar-refractivity contribution in [2.24, 2.45) is 5.73 Å². The van der Waals surface area contributed by atoms with Gasteiger partial charge in [0.2, 0.25) is 5.91 Å². The summed E-state index contributed by atoms with van der Waals surface area (Å²) in [5.41, 5.74) is 12.2. The van der Waals surface area contributed by atoms with Gasteiger partial charge in [-0.05, 0) is 55.2 Å². The SMILES string of the molecule is CCCCCc1c[c]c2c3c(C(N)=O)cccc3n(Cc3cccc(C)c3)c2c1. The molecule has 4 aromatic rings. The average molecular weight is 384 g/mol. The number of carbonyl (C=O) groups excluding carboxylic acids is 1. The van der Waals surface area contributed by atoms with Crippen LogP contribution in [0.5, 0.6) is 0 Å². The smallest absolute Gasteiger partial charge is 0.249 e. The van der Waals surface area contributed by atoms with Crippen LogP contribution in [0, 0.1) is 13.0 Å². The predicted octanol–water partition coefficient (Wildman–Crippen LogP) is 5.78. The number of unbranched alkanes of at least 4 members (excludes halogenated alkanes) is 2. The molecule has 0 bridgehead atoms. The summed E-state index contributed by atoms with van der Waals surface area (Å²) in [6.45, 7) is 5.08. The number of rotatable bonds is 7. The van der Waals surface area contributed by atoms with E-state index in [1.165, 1.54) is 36.0 Å². The molecule has 1 amide bonds. The zero-order valence-corrected chi connectivity index (χ0v) is 17.2. The first-order chi connectivity index (χ1) is 14.1. The van der Waals surface area contributed by atoms with Crippen molar-refractivity contribution < 1.29 is 4.79 Å². The van der Waals surface area contributed by atoms with E-state index in [1.807, 2.05) is 12.1 Å². The Bertz CT molecular complexity index is 1190. The molecule has 1 radical (unpaired) electrons. The number of primary amides is 1. The Balaban J connectivity index is 1.92. The molecule has 3 heteroatoms. The first-order valence-electron chi connectivity index (χ1n) is 10.4. The molecule has 0 aliphatic heterocycles. The third kappa shape index (κ3) is 3.77. The predicted molar refractivity (Wildman–Crippen MR) is 120 cm³/mol. The van der Waals surface area contributed by atoms with Gasteiger partial charge in [-0.15, -0.1) is 0 Å². The molecule has 1 aromatic heterocycles. The molecular weight excluding hydrogens is 356 g/mol. The maximum atomic E-state index is 12.1. The molecule has 1 heterocycles. The third-order valence-corrected chi connectivity index (χ3v) is 5.61. The molecule has 0 saturated heterocycles. The summed E-state index contributed by atoms with van der Waals surface area (Å²) in [7, 11) is 0. The molecule has 3 aromatic carbocycles. The average Bonchev–Trinajstić information content (AvgIpc) is 3.01. The van der Waals surface area contributed by atoms with E-state index in [0.717, 1.165) is 34.8 Å². The van der Waals surface area contributed by atoms with Gasteiger partial charge < -0.3 is 10.3 Å². The number of nitrogens with two attached hydrogens (primary N) is 1. The summed E-state index contributed by atoms with van der Waals surface area (Å²) in [6.07, 6.45) is 4.67. The van der Waals surface area contributed by atoms with Crippen LogP contribution in [0.25, 0.3) is 21.8 Å². The van der Waals surface area contributed by atoms with E-state index in [9.17, 15) is 4.79 Å². The molecule has 2 N–H and O–H groups in total. The third-order valence-electron chi connectivity index (χ3n) is 5.61. The zero-order valence-electron chi connectivity index (χ0n) is 17.2. The second-order valence-corrected chi connectivity index (χ2v) is 7.86. The van der Waals surface area contributed by atoms with Gasteiger partial charge in [-0.25, -0.2) is 0 Å². The van der Waals surface area contributed by atoms with Crippen molar-refractivity contribution in [1.82, 2.24) is 4.57 Å². The standard InChI is InChI=1S/C26H27N2O/c1-3-4-5-9-19-13-14-21-24(16-19)28(17-20-10-6-8-18(2)15-20)23-12-7-11-22(25(21)23)26(27)29/h6-8,10-13,15-16H,3-5,9,17H2,1-2H3,(H2,27,29). The lowest BCUT2D eigenvalue weighted by atomic mass is 10.0. The molecule has 0 atom stereocenters. The zero-order chi connectivity index (χ0) is 20.4. The summed E-state index contributed by atoms with van der Waals surface area (Å²) < 4.78 is 2.30. The van der Waals surface area contributed by atoms with Gasteiger partial charge in [-0.1, -0.05) is 61.7 Å². The second kappa shape index (κ2) is 8.12.